The van der Waals surface area contributed by atoms with Crippen molar-refractivity contribution in [3.8, 4) is 46.3 Å². The molecule has 0 saturated carbocycles. The van der Waals surface area contributed by atoms with Gasteiger partial charge in [0.15, 0.2) is 23.0 Å². The average Bonchev–Trinajstić information content (AvgIpc) is 3.30. The van der Waals surface area contributed by atoms with Gasteiger partial charge in [-0.2, -0.15) is 0 Å². The summed E-state index contributed by atoms with van der Waals surface area (Å²) < 4.78 is 24.5. The number of ether oxygens (including phenoxy) is 4. The highest BCUT2D eigenvalue weighted by atomic mass is 16.7. The molecule has 6 heteroatoms. The normalized spacial score (nSPS) is 20.2. The standard InChI is InChI=1S/C28H30O6/c1-27(2)31-23-17-11-7-5-9-15(17)21(29)19(25(23)33-27)13-14-20-22(30)16-10-6-8-12-18(16)24-26(20)34-28(3,4)32-24/h29-30H,5-12H2,1-4H3. The first-order valence-corrected chi connectivity index (χ1v) is 12.2. The van der Waals surface area contributed by atoms with Crippen LogP contribution in [0.1, 0.15) is 86.8 Å². The molecule has 2 aromatic rings. The van der Waals surface area contributed by atoms with Gasteiger partial charge in [-0.1, -0.05) is 11.8 Å². The molecule has 34 heavy (non-hydrogen) atoms. The van der Waals surface area contributed by atoms with Gasteiger partial charge in [-0.3, -0.25) is 0 Å². The summed E-state index contributed by atoms with van der Waals surface area (Å²) in [5.74, 6) is 7.17. The van der Waals surface area contributed by atoms with Gasteiger partial charge in [-0.05, 0) is 51.4 Å². The van der Waals surface area contributed by atoms with Crippen molar-refractivity contribution in [1.82, 2.24) is 0 Å². The number of benzene rings is 2. The van der Waals surface area contributed by atoms with Crippen LogP contribution in [0, 0.1) is 11.8 Å². The third-order valence-corrected chi connectivity index (χ3v) is 7.10. The molecule has 0 bridgehead atoms. The van der Waals surface area contributed by atoms with E-state index in [1.807, 2.05) is 27.7 Å². The van der Waals surface area contributed by atoms with E-state index in [1.165, 1.54) is 0 Å². The van der Waals surface area contributed by atoms with E-state index in [9.17, 15) is 10.2 Å². The molecule has 6 nitrogen and oxygen atoms in total. The van der Waals surface area contributed by atoms with Crippen LogP contribution in [0.2, 0.25) is 0 Å². The van der Waals surface area contributed by atoms with Crippen molar-refractivity contribution < 1.29 is 29.2 Å². The molecule has 178 valence electrons. The molecule has 0 spiro atoms. The van der Waals surface area contributed by atoms with Crippen molar-refractivity contribution in [3.05, 3.63) is 33.4 Å². The maximum absolute atomic E-state index is 11.2. The lowest BCUT2D eigenvalue weighted by Crippen LogP contribution is -2.30. The van der Waals surface area contributed by atoms with Crippen LogP contribution in [0.4, 0.5) is 0 Å². The third-order valence-electron chi connectivity index (χ3n) is 7.10. The molecule has 2 aliphatic heterocycles. The van der Waals surface area contributed by atoms with Crippen molar-refractivity contribution >= 4 is 0 Å². The van der Waals surface area contributed by atoms with Crippen LogP contribution in [0.5, 0.6) is 34.5 Å². The van der Waals surface area contributed by atoms with Crippen LogP contribution < -0.4 is 18.9 Å². The smallest absolute Gasteiger partial charge is 0.246 e. The molecule has 2 heterocycles. The maximum Gasteiger partial charge on any atom is 0.246 e. The van der Waals surface area contributed by atoms with Crippen LogP contribution in [0.25, 0.3) is 0 Å². The Labute approximate surface area is 199 Å². The second-order valence-electron chi connectivity index (χ2n) is 10.6. The zero-order chi connectivity index (χ0) is 23.8. The Bertz CT molecular complexity index is 1190. The molecule has 2 N–H and O–H groups in total. The predicted octanol–water partition coefficient (Wildman–Crippen LogP) is 5.27. The number of rotatable bonds is 0. The average molecular weight is 463 g/mol. The minimum Gasteiger partial charge on any atom is -0.506 e. The zero-order valence-corrected chi connectivity index (χ0v) is 20.2. The van der Waals surface area contributed by atoms with E-state index in [-0.39, 0.29) is 11.5 Å². The number of phenols is 2. The largest absolute Gasteiger partial charge is 0.506 e. The molecular formula is C28H30O6. The number of phenolic OH excluding ortho intramolecular Hbond substituents is 2. The first-order valence-electron chi connectivity index (χ1n) is 12.2. The SMILES string of the molecule is CC1(C)Oc2c(C#Cc3c(O)c4c(c5c3OC(C)(C)O5)CCCC4)c(O)c3c(c2O1)CCCC3. The fraction of sp³-hybridized carbons (Fsp3) is 0.500. The summed E-state index contributed by atoms with van der Waals surface area (Å²) in [7, 11) is 0. The molecule has 0 unspecified atom stereocenters. The first-order chi connectivity index (χ1) is 16.2. The molecule has 0 atom stereocenters. The molecule has 2 aliphatic carbocycles. The van der Waals surface area contributed by atoms with Gasteiger partial charge in [0.1, 0.15) is 22.6 Å². The van der Waals surface area contributed by atoms with E-state index >= 15 is 0 Å². The molecule has 0 aromatic heterocycles. The summed E-state index contributed by atoms with van der Waals surface area (Å²) in [6.45, 7) is 7.41. The van der Waals surface area contributed by atoms with Gasteiger partial charge in [-0.15, -0.1) is 0 Å². The molecule has 2 aromatic carbocycles. The molecule has 6 rings (SSSR count). The lowest BCUT2D eigenvalue weighted by molar-refractivity contribution is -0.0442. The van der Waals surface area contributed by atoms with Crippen molar-refractivity contribution in [2.45, 2.75) is 90.6 Å². The highest BCUT2D eigenvalue weighted by molar-refractivity contribution is 5.73. The second-order valence-corrected chi connectivity index (χ2v) is 10.6. The number of fused-ring (bicyclic) bond motifs is 6. The van der Waals surface area contributed by atoms with Gasteiger partial charge in [0, 0.05) is 49.9 Å². The minimum atomic E-state index is -0.839. The fourth-order valence-electron chi connectivity index (χ4n) is 5.64. The Hall–Kier alpha value is -3.20. The van der Waals surface area contributed by atoms with E-state index in [4.69, 9.17) is 18.9 Å². The summed E-state index contributed by atoms with van der Waals surface area (Å²) in [5.41, 5.74) is 4.60. The molecule has 0 amide bonds. The Morgan fingerprint density at radius 2 is 0.853 bits per heavy atom. The summed E-state index contributed by atoms with van der Waals surface area (Å²) >= 11 is 0. The molecule has 0 fully saturated rings. The maximum atomic E-state index is 11.2. The Balaban J connectivity index is 1.55. The summed E-state index contributed by atoms with van der Waals surface area (Å²) in [6, 6.07) is 0. The van der Waals surface area contributed by atoms with E-state index in [2.05, 4.69) is 11.8 Å². The Morgan fingerprint density at radius 1 is 0.529 bits per heavy atom. The zero-order valence-electron chi connectivity index (χ0n) is 20.2. The van der Waals surface area contributed by atoms with Crippen molar-refractivity contribution in [2.75, 3.05) is 0 Å². The highest BCUT2D eigenvalue weighted by Crippen LogP contribution is 2.53. The van der Waals surface area contributed by atoms with E-state index in [1.54, 1.807) is 0 Å². The minimum absolute atomic E-state index is 0.147. The fourth-order valence-corrected chi connectivity index (χ4v) is 5.64. The van der Waals surface area contributed by atoms with Crippen molar-refractivity contribution in [3.63, 3.8) is 0 Å². The monoisotopic (exact) mass is 462 g/mol. The van der Waals surface area contributed by atoms with E-state index in [0.29, 0.717) is 34.1 Å². The van der Waals surface area contributed by atoms with Gasteiger partial charge in [-0.25, -0.2) is 0 Å². The predicted molar refractivity (Wildman–Crippen MR) is 126 cm³/mol. The summed E-state index contributed by atoms with van der Waals surface area (Å²) in [5, 5.41) is 22.5. The van der Waals surface area contributed by atoms with Crippen LogP contribution in [0.3, 0.4) is 0 Å². The number of hydrogen-bond donors (Lipinski definition) is 2. The molecule has 0 radical (unpaired) electrons. The van der Waals surface area contributed by atoms with Crippen LogP contribution >= 0.6 is 0 Å². The lowest BCUT2D eigenvalue weighted by Gasteiger charge is -2.21. The molecule has 0 saturated heterocycles. The van der Waals surface area contributed by atoms with Gasteiger partial charge >= 0.3 is 0 Å². The van der Waals surface area contributed by atoms with Crippen LogP contribution in [-0.2, 0) is 25.7 Å². The summed E-state index contributed by atoms with van der Waals surface area (Å²) in [4.78, 5) is 0. The quantitative estimate of drug-likeness (QED) is 0.520. The summed E-state index contributed by atoms with van der Waals surface area (Å²) in [6.07, 6.45) is 7.36. The van der Waals surface area contributed by atoms with E-state index < -0.39 is 11.6 Å². The third kappa shape index (κ3) is 3.17. The topological polar surface area (TPSA) is 77.4 Å². The van der Waals surface area contributed by atoms with E-state index in [0.717, 1.165) is 73.6 Å². The van der Waals surface area contributed by atoms with Gasteiger partial charge < -0.3 is 29.2 Å². The van der Waals surface area contributed by atoms with Gasteiger partial charge in [0.2, 0.25) is 11.6 Å². The van der Waals surface area contributed by atoms with Crippen molar-refractivity contribution in [2.24, 2.45) is 0 Å². The number of aromatic hydroxyl groups is 2. The number of hydrogen-bond acceptors (Lipinski definition) is 6. The van der Waals surface area contributed by atoms with Crippen LogP contribution in [0.15, 0.2) is 0 Å². The Morgan fingerprint density at radius 3 is 1.24 bits per heavy atom. The Kier molecular flexibility index (Phi) is 4.49. The second kappa shape index (κ2) is 7.15. The molecule has 4 aliphatic rings. The van der Waals surface area contributed by atoms with Crippen molar-refractivity contribution in [1.29, 1.82) is 0 Å². The molecular weight excluding hydrogens is 432 g/mol. The lowest BCUT2D eigenvalue weighted by atomic mass is 9.87. The van der Waals surface area contributed by atoms with Gasteiger partial charge in [0.05, 0.1) is 0 Å². The van der Waals surface area contributed by atoms with Crippen LogP contribution in [-0.4, -0.2) is 21.8 Å². The van der Waals surface area contributed by atoms with Gasteiger partial charge in [0.25, 0.3) is 0 Å². The highest BCUT2D eigenvalue weighted by Gasteiger charge is 2.40. The first kappa shape index (κ1) is 21.3.